The third-order valence-electron chi connectivity index (χ3n) is 4.62. The summed E-state index contributed by atoms with van der Waals surface area (Å²) in [7, 11) is 0. The summed E-state index contributed by atoms with van der Waals surface area (Å²) < 4.78 is 46.5. The van der Waals surface area contributed by atoms with Gasteiger partial charge in [0, 0.05) is 16.5 Å². The Balaban J connectivity index is 1.38. The predicted octanol–water partition coefficient (Wildman–Crippen LogP) is 6.12. The number of aromatic nitrogens is 1. The lowest BCUT2D eigenvalue weighted by molar-refractivity contribution is -0.274. The van der Waals surface area contributed by atoms with Crippen LogP contribution in [-0.2, 0) is 6.61 Å². The molecule has 1 amide bonds. The molecule has 4 rings (SSSR count). The number of hydrogen-bond donors (Lipinski definition) is 2. The van der Waals surface area contributed by atoms with Crippen molar-refractivity contribution < 1.29 is 27.4 Å². The van der Waals surface area contributed by atoms with Crippen molar-refractivity contribution in [3.05, 3.63) is 89.3 Å². The van der Waals surface area contributed by atoms with Gasteiger partial charge in [-0.3, -0.25) is 10.1 Å². The van der Waals surface area contributed by atoms with Gasteiger partial charge in [0.25, 0.3) is 5.91 Å². The number of thiazole rings is 1. The number of hydrogen-bond acceptors (Lipinski definition) is 6. The van der Waals surface area contributed by atoms with Crippen LogP contribution in [0.5, 0.6) is 11.5 Å². The van der Waals surface area contributed by atoms with Gasteiger partial charge < -0.3 is 15.2 Å². The number of nitrogens with two attached hydrogens (primary N) is 1. The van der Waals surface area contributed by atoms with Crippen molar-refractivity contribution in [3.8, 4) is 22.8 Å². The Hall–Kier alpha value is -4.05. The first kappa shape index (κ1) is 23.1. The molecule has 0 bridgehead atoms. The van der Waals surface area contributed by atoms with Gasteiger partial charge in [-0.25, -0.2) is 4.98 Å². The summed E-state index contributed by atoms with van der Waals surface area (Å²) in [5, 5.41) is 4.71. The molecule has 0 atom stereocenters. The predicted molar refractivity (Wildman–Crippen MR) is 124 cm³/mol. The number of alkyl halides is 3. The van der Waals surface area contributed by atoms with E-state index in [0.29, 0.717) is 40.0 Å². The van der Waals surface area contributed by atoms with Crippen LogP contribution in [0.3, 0.4) is 0 Å². The summed E-state index contributed by atoms with van der Waals surface area (Å²) in [5.41, 5.74) is 8.77. The zero-order valence-electron chi connectivity index (χ0n) is 17.5. The number of carbonyl (C=O) groups is 1. The largest absolute Gasteiger partial charge is 0.573 e. The number of nitrogen functional groups attached to an aromatic ring is 1. The lowest BCUT2D eigenvalue weighted by Gasteiger charge is -2.10. The molecule has 4 aromatic rings. The van der Waals surface area contributed by atoms with Crippen molar-refractivity contribution in [3.63, 3.8) is 0 Å². The number of ether oxygens (including phenoxy) is 2. The molecule has 174 valence electrons. The van der Waals surface area contributed by atoms with Crippen molar-refractivity contribution >= 4 is 28.1 Å². The third kappa shape index (κ3) is 6.04. The molecule has 6 nitrogen and oxygen atoms in total. The minimum Gasteiger partial charge on any atom is -0.487 e. The molecule has 1 heterocycles. The first-order chi connectivity index (χ1) is 16.3. The maximum atomic E-state index is 12.6. The molecule has 0 aliphatic heterocycles. The van der Waals surface area contributed by atoms with E-state index in [2.05, 4.69) is 15.0 Å². The van der Waals surface area contributed by atoms with Crippen LogP contribution in [0.1, 0.15) is 15.9 Å². The van der Waals surface area contributed by atoms with E-state index < -0.39 is 12.3 Å². The quantitative estimate of drug-likeness (QED) is 0.308. The zero-order chi connectivity index (χ0) is 24.1. The van der Waals surface area contributed by atoms with Gasteiger partial charge in [-0.05, 0) is 48.0 Å². The van der Waals surface area contributed by atoms with Crippen LogP contribution < -0.4 is 20.5 Å². The van der Waals surface area contributed by atoms with E-state index in [4.69, 9.17) is 10.5 Å². The highest BCUT2D eigenvalue weighted by Crippen LogP contribution is 2.29. The standard InChI is InChI=1S/C24H18F3N3O3S/c25-24(26,27)33-18-9-6-16(7-10-18)20-14-34-23(29-20)30-22(31)17-8-11-21(19(28)12-17)32-13-15-4-2-1-3-5-15/h1-12,14H,13,28H2,(H,29,30,31). The number of rotatable bonds is 7. The Labute approximate surface area is 196 Å². The van der Waals surface area contributed by atoms with E-state index in [0.717, 1.165) is 5.56 Å². The van der Waals surface area contributed by atoms with Crippen molar-refractivity contribution in [2.24, 2.45) is 0 Å². The van der Waals surface area contributed by atoms with E-state index in [9.17, 15) is 18.0 Å². The minimum atomic E-state index is -4.75. The van der Waals surface area contributed by atoms with Crippen LogP contribution in [-0.4, -0.2) is 17.3 Å². The Kier molecular flexibility index (Phi) is 6.69. The molecule has 0 saturated carbocycles. The molecule has 10 heteroatoms. The van der Waals surface area contributed by atoms with E-state index >= 15 is 0 Å². The molecule has 3 aromatic carbocycles. The van der Waals surface area contributed by atoms with E-state index in [1.165, 1.54) is 41.7 Å². The molecule has 3 N–H and O–H groups in total. The van der Waals surface area contributed by atoms with Crippen molar-refractivity contribution in [2.75, 3.05) is 11.1 Å². The second-order valence-corrected chi connectivity index (χ2v) is 7.95. The molecule has 0 aliphatic rings. The summed E-state index contributed by atoms with van der Waals surface area (Å²) in [5.74, 6) is -0.264. The van der Waals surface area contributed by atoms with E-state index in [-0.39, 0.29) is 5.75 Å². The average molecular weight is 485 g/mol. The summed E-state index contributed by atoms with van der Waals surface area (Å²) in [6.45, 7) is 0.349. The number of amides is 1. The van der Waals surface area contributed by atoms with Gasteiger partial charge in [0.15, 0.2) is 5.13 Å². The Morgan fingerprint density at radius 2 is 1.76 bits per heavy atom. The highest BCUT2D eigenvalue weighted by atomic mass is 32.1. The molecule has 1 aromatic heterocycles. The lowest BCUT2D eigenvalue weighted by Crippen LogP contribution is -2.16. The molecule has 0 aliphatic carbocycles. The minimum absolute atomic E-state index is 0.324. The molecule has 0 unspecified atom stereocenters. The van der Waals surface area contributed by atoms with Gasteiger partial charge in [0.1, 0.15) is 18.1 Å². The number of halogens is 3. The highest BCUT2D eigenvalue weighted by Gasteiger charge is 2.31. The van der Waals surface area contributed by atoms with E-state index in [1.54, 1.807) is 17.5 Å². The fourth-order valence-corrected chi connectivity index (χ4v) is 3.73. The average Bonchev–Trinajstić information content (AvgIpc) is 3.27. The fraction of sp³-hybridized carbons (Fsp3) is 0.0833. The first-order valence-corrected chi connectivity index (χ1v) is 10.8. The fourth-order valence-electron chi connectivity index (χ4n) is 3.02. The van der Waals surface area contributed by atoms with Crippen molar-refractivity contribution in [1.82, 2.24) is 4.98 Å². The second-order valence-electron chi connectivity index (χ2n) is 7.09. The van der Waals surface area contributed by atoms with Crippen molar-refractivity contribution in [1.29, 1.82) is 0 Å². The van der Waals surface area contributed by atoms with Gasteiger partial charge in [0.05, 0.1) is 11.4 Å². The van der Waals surface area contributed by atoms with Crippen LogP contribution in [0, 0.1) is 0 Å². The molecular weight excluding hydrogens is 467 g/mol. The molecule has 34 heavy (non-hydrogen) atoms. The normalized spacial score (nSPS) is 11.1. The Bertz CT molecular complexity index is 1280. The van der Waals surface area contributed by atoms with Crippen LogP contribution in [0.4, 0.5) is 24.0 Å². The molecular formula is C24H18F3N3O3S. The number of nitrogens with zero attached hydrogens (tertiary/aromatic N) is 1. The van der Waals surface area contributed by atoms with Crippen LogP contribution >= 0.6 is 11.3 Å². The van der Waals surface area contributed by atoms with Crippen LogP contribution in [0.25, 0.3) is 11.3 Å². The van der Waals surface area contributed by atoms with Gasteiger partial charge in [0.2, 0.25) is 0 Å². The lowest BCUT2D eigenvalue weighted by atomic mass is 10.1. The summed E-state index contributed by atoms with van der Waals surface area (Å²) in [6, 6.07) is 19.7. The highest BCUT2D eigenvalue weighted by molar-refractivity contribution is 7.14. The number of nitrogens with one attached hydrogen (secondary N) is 1. The SMILES string of the molecule is Nc1cc(C(=O)Nc2nc(-c3ccc(OC(F)(F)F)cc3)cs2)ccc1OCc1ccccc1. The van der Waals surface area contributed by atoms with Crippen LogP contribution in [0.15, 0.2) is 78.2 Å². The summed E-state index contributed by atoms with van der Waals surface area (Å²) >= 11 is 1.18. The maximum Gasteiger partial charge on any atom is 0.573 e. The summed E-state index contributed by atoms with van der Waals surface area (Å²) in [4.78, 5) is 16.9. The van der Waals surface area contributed by atoms with Gasteiger partial charge in [-0.15, -0.1) is 24.5 Å². The number of carbonyl (C=O) groups excluding carboxylic acids is 1. The smallest absolute Gasteiger partial charge is 0.487 e. The Morgan fingerprint density at radius 1 is 1.03 bits per heavy atom. The van der Waals surface area contributed by atoms with Crippen molar-refractivity contribution in [2.45, 2.75) is 13.0 Å². The van der Waals surface area contributed by atoms with Gasteiger partial charge >= 0.3 is 6.36 Å². The molecule has 0 radical (unpaired) electrons. The number of anilines is 2. The molecule has 0 saturated heterocycles. The van der Waals surface area contributed by atoms with Crippen LogP contribution in [0.2, 0.25) is 0 Å². The zero-order valence-corrected chi connectivity index (χ0v) is 18.3. The number of benzene rings is 3. The van der Waals surface area contributed by atoms with Gasteiger partial charge in [-0.2, -0.15) is 0 Å². The molecule has 0 spiro atoms. The maximum absolute atomic E-state index is 12.6. The van der Waals surface area contributed by atoms with E-state index in [1.807, 2.05) is 30.3 Å². The van der Waals surface area contributed by atoms with Gasteiger partial charge in [-0.1, -0.05) is 30.3 Å². The monoisotopic (exact) mass is 485 g/mol. The Morgan fingerprint density at radius 3 is 2.44 bits per heavy atom. The topological polar surface area (TPSA) is 86.5 Å². The molecule has 0 fully saturated rings. The second kappa shape index (κ2) is 9.84. The third-order valence-corrected chi connectivity index (χ3v) is 5.38. The first-order valence-electron chi connectivity index (χ1n) is 9.96. The summed E-state index contributed by atoms with van der Waals surface area (Å²) in [6.07, 6.45) is -4.75.